The monoisotopic (exact) mass is 415 g/mol. The molecule has 0 radical (unpaired) electrons. The van der Waals surface area contributed by atoms with Gasteiger partial charge in [0.1, 0.15) is 6.04 Å². The van der Waals surface area contributed by atoms with Crippen LogP contribution < -0.4 is 10.2 Å². The molecule has 0 aliphatic carbocycles. The van der Waals surface area contributed by atoms with Crippen molar-refractivity contribution in [2.24, 2.45) is 0 Å². The molecule has 7 heteroatoms. The maximum atomic E-state index is 13.2. The van der Waals surface area contributed by atoms with Crippen LogP contribution in [0.5, 0.6) is 0 Å². The van der Waals surface area contributed by atoms with E-state index in [0.717, 1.165) is 25.3 Å². The van der Waals surface area contributed by atoms with Crippen molar-refractivity contribution in [2.45, 2.75) is 25.8 Å². The molecule has 1 fully saturated rings. The number of anilines is 1. The Hall–Kier alpha value is -2.41. The molecule has 156 valence electrons. The standard InChI is InChI=1S/C22H29N3O3S/c1-17-6-8-18(9-7-17)24-11-4-12-25(14-13-24)22(27)19(10-16-29-2)23-21(26)20-5-3-15-28-20/h3,5-9,15,19H,4,10-14,16H2,1-2H3,(H,23,26). The first kappa shape index (κ1) is 21.3. The second kappa shape index (κ2) is 10.4. The van der Waals surface area contributed by atoms with Gasteiger partial charge in [-0.1, -0.05) is 17.7 Å². The average molecular weight is 416 g/mol. The lowest BCUT2D eigenvalue weighted by Gasteiger charge is -2.27. The fourth-order valence-corrected chi connectivity index (χ4v) is 3.97. The Morgan fingerprint density at radius 2 is 1.93 bits per heavy atom. The smallest absolute Gasteiger partial charge is 0.287 e. The first-order chi connectivity index (χ1) is 14.1. The third kappa shape index (κ3) is 5.79. The van der Waals surface area contributed by atoms with Crippen LogP contribution in [0.2, 0.25) is 0 Å². The zero-order valence-corrected chi connectivity index (χ0v) is 17.9. The van der Waals surface area contributed by atoms with E-state index in [9.17, 15) is 9.59 Å². The molecule has 2 aromatic rings. The van der Waals surface area contributed by atoms with Crippen LogP contribution in [0.1, 0.15) is 29.0 Å². The molecule has 0 spiro atoms. The molecule has 1 aromatic heterocycles. The number of thioether (sulfide) groups is 1. The van der Waals surface area contributed by atoms with Crippen molar-refractivity contribution in [3.8, 4) is 0 Å². The quantitative estimate of drug-likeness (QED) is 0.752. The lowest BCUT2D eigenvalue weighted by atomic mass is 10.1. The number of nitrogens with zero attached hydrogens (tertiary/aromatic N) is 2. The molecule has 3 rings (SSSR count). The molecule has 1 aliphatic rings. The minimum atomic E-state index is -0.536. The van der Waals surface area contributed by atoms with Crippen molar-refractivity contribution in [3.63, 3.8) is 0 Å². The summed E-state index contributed by atoms with van der Waals surface area (Å²) in [6.07, 6.45) is 4.97. The van der Waals surface area contributed by atoms with Gasteiger partial charge in [0.15, 0.2) is 5.76 Å². The Kier molecular flexibility index (Phi) is 7.63. The molecule has 1 N–H and O–H groups in total. The van der Waals surface area contributed by atoms with Crippen LogP contribution in [0.15, 0.2) is 47.1 Å². The first-order valence-corrected chi connectivity index (χ1v) is 11.4. The average Bonchev–Trinajstić information content (AvgIpc) is 3.16. The number of carbonyl (C=O) groups is 2. The number of hydrogen-bond acceptors (Lipinski definition) is 5. The van der Waals surface area contributed by atoms with Crippen LogP contribution in [-0.4, -0.2) is 60.9 Å². The highest BCUT2D eigenvalue weighted by Crippen LogP contribution is 2.18. The molecule has 2 amide bonds. The van der Waals surface area contributed by atoms with Gasteiger partial charge in [-0.25, -0.2) is 0 Å². The van der Waals surface area contributed by atoms with E-state index >= 15 is 0 Å². The van der Waals surface area contributed by atoms with E-state index in [2.05, 4.69) is 41.4 Å². The summed E-state index contributed by atoms with van der Waals surface area (Å²) >= 11 is 1.67. The summed E-state index contributed by atoms with van der Waals surface area (Å²) < 4.78 is 5.17. The van der Waals surface area contributed by atoms with Crippen LogP contribution in [-0.2, 0) is 4.79 Å². The topological polar surface area (TPSA) is 65.8 Å². The number of benzene rings is 1. The van der Waals surface area contributed by atoms with E-state index < -0.39 is 6.04 Å². The number of furan rings is 1. The summed E-state index contributed by atoms with van der Waals surface area (Å²) in [5, 5.41) is 2.87. The third-order valence-corrected chi connectivity index (χ3v) is 5.81. The van der Waals surface area contributed by atoms with Crippen molar-refractivity contribution < 1.29 is 14.0 Å². The Bertz CT molecular complexity index is 792. The number of hydrogen-bond donors (Lipinski definition) is 1. The predicted molar refractivity (Wildman–Crippen MR) is 118 cm³/mol. The molecule has 1 unspecified atom stereocenters. The number of carbonyl (C=O) groups excluding carboxylic acids is 2. The van der Waals surface area contributed by atoms with E-state index in [0.29, 0.717) is 19.5 Å². The summed E-state index contributed by atoms with van der Waals surface area (Å²) in [5.74, 6) is 0.682. The summed E-state index contributed by atoms with van der Waals surface area (Å²) in [4.78, 5) is 29.8. The van der Waals surface area contributed by atoms with Crippen LogP contribution in [0.3, 0.4) is 0 Å². The molecule has 1 saturated heterocycles. The number of rotatable bonds is 7. The molecule has 1 aliphatic heterocycles. The van der Waals surface area contributed by atoms with Gasteiger partial charge in [0.05, 0.1) is 6.26 Å². The first-order valence-electron chi connectivity index (χ1n) is 10.0. The van der Waals surface area contributed by atoms with E-state index in [1.165, 1.54) is 17.5 Å². The maximum Gasteiger partial charge on any atom is 0.287 e. The van der Waals surface area contributed by atoms with E-state index in [-0.39, 0.29) is 17.6 Å². The molecule has 0 bridgehead atoms. The largest absolute Gasteiger partial charge is 0.459 e. The summed E-state index contributed by atoms with van der Waals surface area (Å²) in [7, 11) is 0. The summed E-state index contributed by atoms with van der Waals surface area (Å²) in [6.45, 7) is 5.14. The Morgan fingerprint density at radius 1 is 1.14 bits per heavy atom. The van der Waals surface area contributed by atoms with Gasteiger partial charge in [-0.15, -0.1) is 0 Å². The van der Waals surface area contributed by atoms with Crippen LogP contribution in [0, 0.1) is 6.92 Å². The van der Waals surface area contributed by atoms with Crippen molar-refractivity contribution in [1.82, 2.24) is 10.2 Å². The van der Waals surface area contributed by atoms with E-state index in [1.54, 1.807) is 23.9 Å². The molecule has 0 saturated carbocycles. The van der Waals surface area contributed by atoms with Gasteiger partial charge in [-0.3, -0.25) is 9.59 Å². The minimum absolute atomic E-state index is 0.00953. The molecular weight excluding hydrogens is 386 g/mol. The molecule has 1 atom stereocenters. The molecule has 1 aromatic carbocycles. The van der Waals surface area contributed by atoms with Gasteiger partial charge in [-0.2, -0.15) is 11.8 Å². The highest BCUT2D eigenvalue weighted by molar-refractivity contribution is 7.98. The second-order valence-corrected chi connectivity index (χ2v) is 8.27. The SMILES string of the molecule is CSCCC(NC(=O)c1ccco1)C(=O)N1CCCN(c2ccc(C)cc2)CC1. The van der Waals surface area contributed by atoms with Gasteiger partial charge in [0, 0.05) is 31.9 Å². The Morgan fingerprint density at radius 3 is 2.62 bits per heavy atom. The molecule has 2 heterocycles. The predicted octanol–water partition coefficient (Wildman–Crippen LogP) is 3.18. The zero-order chi connectivity index (χ0) is 20.6. The highest BCUT2D eigenvalue weighted by atomic mass is 32.2. The van der Waals surface area contributed by atoms with Crippen LogP contribution in [0.25, 0.3) is 0 Å². The van der Waals surface area contributed by atoms with Gasteiger partial charge < -0.3 is 19.5 Å². The third-order valence-electron chi connectivity index (χ3n) is 5.17. The maximum absolute atomic E-state index is 13.2. The highest BCUT2D eigenvalue weighted by Gasteiger charge is 2.28. The minimum Gasteiger partial charge on any atom is -0.459 e. The summed E-state index contributed by atoms with van der Waals surface area (Å²) in [5.41, 5.74) is 2.43. The van der Waals surface area contributed by atoms with Crippen LogP contribution in [0.4, 0.5) is 5.69 Å². The molecule has 29 heavy (non-hydrogen) atoms. The lowest BCUT2D eigenvalue weighted by Crippen LogP contribution is -2.49. The van der Waals surface area contributed by atoms with Crippen molar-refractivity contribution in [1.29, 1.82) is 0 Å². The van der Waals surface area contributed by atoms with Gasteiger partial charge in [-0.05, 0) is 56.0 Å². The second-order valence-electron chi connectivity index (χ2n) is 7.29. The number of aryl methyl sites for hydroxylation is 1. The van der Waals surface area contributed by atoms with Gasteiger partial charge >= 0.3 is 0 Å². The number of nitrogens with one attached hydrogen (secondary N) is 1. The molecule has 6 nitrogen and oxygen atoms in total. The van der Waals surface area contributed by atoms with Crippen molar-refractivity contribution in [3.05, 3.63) is 54.0 Å². The van der Waals surface area contributed by atoms with Gasteiger partial charge in [0.2, 0.25) is 5.91 Å². The fraction of sp³-hybridized carbons (Fsp3) is 0.455. The Labute approximate surface area is 176 Å². The van der Waals surface area contributed by atoms with Crippen LogP contribution >= 0.6 is 11.8 Å². The van der Waals surface area contributed by atoms with E-state index in [4.69, 9.17) is 4.42 Å². The Balaban J connectivity index is 1.63. The summed E-state index contributed by atoms with van der Waals surface area (Å²) in [6, 6.07) is 11.2. The number of amides is 2. The zero-order valence-electron chi connectivity index (χ0n) is 17.1. The molecular formula is C22H29N3O3S. The van der Waals surface area contributed by atoms with Gasteiger partial charge in [0.25, 0.3) is 5.91 Å². The van der Waals surface area contributed by atoms with Crippen molar-refractivity contribution >= 4 is 29.3 Å². The van der Waals surface area contributed by atoms with E-state index in [1.807, 2.05) is 11.2 Å². The van der Waals surface area contributed by atoms with Crippen molar-refractivity contribution in [2.75, 3.05) is 43.1 Å². The fourth-order valence-electron chi connectivity index (χ4n) is 3.50. The lowest BCUT2D eigenvalue weighted by molar-refractivity contribution is -0.133. The normalized spacial score (nSPS) is 15.7.